The molecule has 148 valence electrons. The van der Waals surface area contributed by atoms with Crippen molar-refractivity contribution in [3.05, 3.63) is 80.3 Å². The number of halogens is 1. The van der Waals surface area contributed by atoms with Crippen molar-refractivity contribution in [1.29, 1.82) is 0 Å². The molecule has 0 aromatic heterocycles. The van der Waals surface area contributed by atoms with Crippen molar-refractivity contribution < 1.29 is 14.3 Å². The number of amides is 2. The summed E-state index contributed by atoms with van der Waals surface area (Å²) in [7, 11) is 0. The Labute approximate surface area is 192 Å². The van der Waals surface area contributed by atoms with Crippen LogP contribution in [0.1, 0.15) is 11.1 Å². The second-order valence-corrected chi connectivity index (χ2v) is 8.74. The summed E-state index contributed by atoms with van der Waals surface area (Å²) in [5.74, 6) is 2.75. The van der Waals surface area contributed by atoms with Crippen molar-refractivity contribution in [2.45, 2.75) is 6.61 Å². The summed E-state index contributed by atoms with van der Waals surface area (Å²) < 4.78 is 6.98. The predicted molar refractivity (Wildman–Crippen MR) is 129 cm³/mol. The fourth-order valence-electron chi connectivity index (χ4n) is 3.18. The number of ether oxygens (including phenoxy) is 1. The van der Waals surface area contributed by atoms with E-state index in [1.807, 2.05) is 36.4 Å². The lowest BCUT2D eigenvalue weighted by molar-refractivity contribution is -0.122. The SMILES string of the molecule is C#CCN1C(=O)S/C(=C\c2ccc(OCc3cccc4ccccc34)c(I)c2)C1=O. The van der Waals surface area contributed by atoms with Crippen molar-refractivity contribution in [1.82, 2.24) is 4.90 Å². The smallest absolute Gasteiger partial charge is 0.294 e. The van der Waals surface area contributed by atoms with Gasteiger partial charge in [0.25, 0.3) is 11.1 Å². The van der Waals surface area contributed by atoms with Crippen LogP contribution in [0.5, 0.6) is 5.75 Å². The number of thioether (sulfide) groups is 1. The number of imide groups is 1. The van der Waals surface area contributed by atoms with E-state index >= 15 is 0 Å². The quantitative estimate of drug-likeness (QED) is 0.244. The third kappa shape index (κ3) is 4.23. The molecule has 1 heterocycles. The Morgan fingerprint density at radius 1 is 1.10 bits per heavy atom. The maximum atomic E-state index is 12.3. The molecule has 2 amide bonds. The maximum Gasteiger partial charge on any atom is 0.294 e. The molecule has 0 aliphatic carbocycles. The molecule has 0 bridgehead atoms. The Morgan fingerprint density at radius 3 is 2.70 bits per heavy atom. The van der Waals surface area contributed by atoms with Crippen molar-refractivity contribution in [3.63, 3.8) is 0 Å². The minimum absolute atomic E-state index is 0.0134. The molecule has 0 unspecified atom stereocenters. The van der Waals surface area contributed by atoms with Gasteiger partial charge in [0.1, 0.15) is 12.4 Å². The van der Waals surface area contributed by atoms with Gasteiger partial charge in [0.2, 0.25) is 0 Å². The average molecular weight is 525 g/mol. The zero-order valence-corrected chi connectivity index (χ0v) is 18.8. The highest BCUT2D eigenvalue weighted by Gasteiger charge is 2.34. The zero-order valence-electron chi connectivity index (χ0n) is 15.8. The molecule has 0 spiro atoms. The summed E-state index contributed by atoms with van der Waals surface area (Å²) in [6.45, 7) is 0.447. The van der Waals surface area contributed by atoms with E-state index in [1.165, 1.54) is 10.8 Å². The highest BCUT2D eigenvalue weighted by molar-refractivity contribution is 14.1. The summed E-state index contributed by atoms with van der Waals surface area (Å²) >= 11 is 3.11. The van der Waals surface area contributed by atoms with Gasteiger partial charge in [0.15, 0.2) is 0 Å². The lowest BCUT2D eigenvalue weighted by Crippen LogP contribution is -2.28. The zero-order chi connectivity index (χ0) is 21.1. The number of carbonyl (C=O) groups excluding carboxylic acids is 2. The Balaban J connectivity index is 1.51. The van der Waals surface area contributed by atoms with Gasteiger partial charge < -0.3 is 4.74 Å². The molecule has 30 heavy (non-hydrogen) atoms. The molecule has 4 nitrogen and oxygen atoms in total. The van der Waals surface area contributed by atoms with Crippen LogP contribution in [0.3, 0.4) is 0 Å². The molecular weight excluding hydrogens is 509 g/mol. The number of hydrogen-bond donors (Lipinski definition) is 0. The number of hydrogen-bond acceptors (Lipinski definition) is 4. The van der Waals surface area contributed by atoms with E-state index in [-0.39, 0.29) is 17.7 Å². The molecule has 1 fully saturated rings. The van der Waals surface area contributed by atoms with Gasteiger partial charge in [-0.2, -0.15) is 0 Å². The number of nitrogens with zero attached hydrogens (tertiary/aromatic N) is 1. The van der Waals surface area contributed by atoms with E-state index in [9.17, 15) is 9.59 Å². The minimum atomic E-state index is -0.353. The Bertz CT molecular complexity index is 1220. The van der Waals surface area contributed by atoms with Crippen LogP contribution in [0.2, 0.25) is 0 Å². The summed E-state index contributed by atoms with van der Waals surface area (Å²) in [5.41, 5.74) is 1.94. The Kier molecular flexibility index (Phi) is 6.11. The van der Waals surface area contributed by atoms with Gasteiger partial charge in [-0.25, -0.2) is 0 Å². The Hall–Kier alpha value is -2.76. The van der Waals surface area contributed by atoms with Crippen LogP contribution in [-0.2, 0) is 11.4 Å². The molecule has 3 aromatic rings. The van der Waals surface area contributed by atoms with Gasteiger partial charge in [-0.05, 0) is 74.5 Å². The first-order valence-corrected chi connectivity index (χ1v) is 11.0. The summed E-state index contributed by atoms with van der Waals surface area (Å²) in [4.78, 5) is 25.7. The van der Waals surface area contributed by atoms with Crippen molar-refractivity contribution in [2.75, 3.05) is 6.54 Å². The third-order valence-corrected chi connectivity index (χ3v) is 6.39. The molecular formula is C24H16INO3S. The largest absolute Gasteiger partial charge is 0.488 e. The predicted octanol–water partition coefficient (Wildman–Crippen LogP) is 5.69. The molecule has 1 saturated heterocycles. The van der Waals surface area contributed by atoms with Crippen LogP contribution < -0.4 is 4.74 Å². The van der Waals surface area contributed by atoms with E-state index in [0.29, 0.717) is 11.5 Å². The first-order chi connectivity index (χ1) is 14.6. The second kappa shape index (κ2) is 8.94. The van der Waals surface area contributed by atoms with Gasteiger partial charge in [0, 0.05) is 0 Å². The van der Waals surface area contributed by atoms with Crippen molar-refractivity contribution in [3.8, 4) is 18.1 Å². The summed E-state index contributed by atoms with van der Waals surface area (Å²) in [5, 5.41) is 2.02. The molecule has 1 aliphatic heterocycles. The lowest BCUT2D eigenvalue weighted by atomic mass is 10.1. The van der Waals surface area contributed by atoms with Gasteiger partial charge in [0.05, 0.1) is 15.0 Å². The number of terminal acetylenes is 1. The molecule has 6 heteroatoms. The average Bonchev–Trinajstić information content (AvgIpc) is 3.01. The topological polar surface area (TPSA) is 46.6 Å². The van der Waals surface area contributed by atoms with Crippen LogP contribution in [0.15, 0.2) is 65.6 Å². The lowest BCUT2D eigenvalue weighted by Gasteiger charge is -2.11. The molecule has 0 radical (unpaired) electrons. The van der Waals surface area contributed by atoms with Crippen LogP contribution in [0, 0.1) is 15.9 Å². The van der Waals surface area contributed by atoms with Crippen LogP contribution in [0.4, 0.5) is 4.79 Å². The van der Waals surface area contributed by atoms with Crippen LogP contribution >= 0.6 is 34.4 Å². The molecule has 0 saturated carbocycles. The fraction of sp³-hybridized carbons (Fsp3) is 0.0833. The number of rotatable bonds is 5. The van der Waals surface area contributed by atoms with E-state index in [1.54, 1.807) is 6.08 Å². The highest BCUT2D eigenvalue weighted by atomic mass is 127. The first kappa shape index (κ1) is 20.5. The number of benzene rings is 3. The van der Waals surface area contributed by atoms with E-state index in [2.05, 4.69) is 52.8 Å². The molecule has 0 N–H and O–H groups in total. The minimum Gasteiger partial charge on any atom is -0.488 e. The molecule has 3 aromatic carbocycles. The van der Waals surface area contributed by atoms with Gasteiger partial charge >= 0.3 is 0 Å². The van der Waals surface area contributed by atoms with Gasteiger partial charge in [-0.15, -0.1) is 6.42 Å². The van der Waals surface area contributed by atoms with E-state index < -0.39 is 0 Å². The van der Waals surface area contributed by atoms with Gasteiger partial charge in [-0.1, -0.05) is 54.5 Å². The van der Waals surface area contributed by atoms with Crippen molar-refractivity contribution in [2.24, 2.45) is 0 Å². The fourth-order valence-corrected chi connectivity index (χ4v) is 4.71. The Morgan fingerprint density at radius 2 is 1.90 bits per heavy atom. The van der Waals surface area contributed by atoms with Gasteiger partial charge in [-0.3, -0.25) is 14.5 Å². The maximum absolute atomic E-state index is 12.3. The highest BCUT2D eigenvalue weighted by Crippen LogP contribution is 2.33. The summed E-state index contributed by atoms with van der Waals surface area (Å²) in [6.07, 6.45) is 6.94. The van der Waals surface area contributed by atoms with Crippen molar-refractivity contribution >= 4 is 62.3 Å². The third-order valence-electron chi connectivity index (χ3n) is 4.64. The van der Waals surface area contributed by atoms with E-state index in [4.69, 9.17) is 11.2 Å². The number of carbonyl (C=O) groups is 2. The molecule has 0 atom stereocenters. The molecule has 4 rings (SSSR count). The normalized spacial score (nSPS) is 15.1. The second-order valence-electron chi connectivity index (χ2n) is 6.59. The van der Waals surface area contributed by atoms with Crippen LogP contribution in [-0.4, -0.2) is 22.6 Å². The summed E-state index contributed by atoms with van der Waals surface area (Å²) in [6, 6.07) is 20.1. The first-order valence-electron chi connectivity index (χ1n) is 9.14. The monoisotopic (exact) mass is 525 g/mol. The molecule has 1 aliphatic rings. The number of fused-ring (bicyclic) bond motifs is 1. The van der Waals surface area contributed by atoms with E-state index in [0.717, 1.165) is 37.1 Å². The van der Waals surface area contributed by atoms with Crippen LogP contribution in [0.25, 0.3) is 16.8 Å². The standard InChI is InChI=1S/C24H16INO3S/c1-2-12-26-23(27)22(30-24(26)28)14-16-10-11-21(20(25)13-16)29-15-18-8-5-7-17-6-3-4-9-19(17)18/h1,3-11,13-14H,12,15H2/b22-14-.